The lowest BCUT2D eigenvalue weighted by atomic mass is 10.1. The van der Waals surface area contributed by atoms with Crippen LogP contribution in [0.5, 0.6) is 0 Å². The molecule has 1 unspecified atom stereocenters. The minimum atomic E-state index is -0.265. The molecule has 1 heterocycles. The SMILES string of the molecule is CCOC(=O)C(C)CN1CC(=O)Nc2ccccc21. The molecule has 1 aromatic carbocycles. The number of rotatable bonds is 4. The van der Waals surface area contributed by atoms with Gasteiger partial charge in [-0.3, -0.25) is 9.59 Å². The number of esters is 1. The summed E-state index contributed by atoms with van der Waals surface area (Å²) in [6, 6.07) is 7.58. The monoisotopic (exact) mass is 262 g/mol. The third-order valence-corrected chi connectivity index (χ3v) is 3.04. The summed E-state index contributed by atoms with van der Waals surface area (Å²) in [6.45, 7) is 4.71. The Kier molecular flexibility index (Phi) is 4.04. The van der Waals surface area contributed by atoms with Crippen LogP contribution in [0.2, 0.25) is 0 Å². The van der Waals surface area contributed by atoms with E-state index >= 15 is 0 Å². The van der Waals surface area contributed by atoms with Gasteiger partial charge < -0.3 is 15.0 Å². The number of nitrogens with zero attached hydrogens (tertiary/aromatic N) is 1. The third-order valence-electron chi connectivity index (χ3n) is 3.04. The molecule has 102 valence electrons. The number of nitrogens with one attached hydrogen (secondary N) is 1. The van der Waals surface area contributed by atoms with E-state index in [1.807, 2.05) is 36.1 Å². The summed E-state index contributed by atoms with van der Waals surface area (Å²) in [5, 5.41) is 2.82. The van der Waals surface area contributed by atoms with Crippen LogP contribution in [0.1, 0.15) is 13.8 Å². The first-order valence-electron chi connectivity index (χ1n) is 6.42. The summed E-state index contributed by atoms with van der Waals surface area (Å²) >= 11 is 0. The Morgan fingerprint density at radius 2 is 2.21 bits per heavy atom. The number of hydrogen-bond donors (Lipinski definition) is 1. The summed E-state index contributed by atoms with van der Waals surface area (Å²) in [5.74, 6) is -0.556. The average Bonchev–Trinajstić information content (AvgIpc) is 2.38. The Morgan fingerprint density at radius 3 is 2.95 bits per heavy atom. The zero-order valence-electron chi connectivity index (χ0n) is 11.2. The first kappa shape index (κ1) is 13.4. The van der Waals surface area contributed by atoms with Crippen LogP contribution in [0, 0.1) is 5.92 Å². The minimum Gasteiger partial charge on any atom is -0.466 e. The van der Waals surface area contributed by atoms with Crippen LogP contribution in [-0.2, 0) is 14.3 Å². The zero-order valence-corrected chi connectivity index (χ0v) is 11.2. The first-order valence-corrected chi connectivity index (χ1v) is 6.42. The summed E-state index contributed by atoms with van der Waals surface area (Å²) < 4.78 is 4.99. The summed E-state index contributed by atoms with van der Waals surface area (Å²) in [6.07, 6.45) is 0. The van der Waals surface area contributed by atoms with Gasteiger partial charge in [0.2, 0.25) is 5.91 Å². The molecule has 1 amide bonds. The maximum atomic E-state index is 11.7. The molecule has 0 aliphatic carbocycles. The van der Waals surface area contributed by atoms with Gasteiger partial charge in [0.05, 0.1) is 30.4 Å². The highest BCUT2D eigenvalue weighted by molar-refractivity contribution is 6.01. The van der Waals surface area contributed by atoms with E-state index in [0.717, 1.165) is 11.4 Å². The van der Waals surface area contributed by atoms with Gasteiger partial charge in [0.25, 0.3) is 0 Å². The molecule has 0 fully saturated rings. The highest BCUT2D eigenvalue weighted by Gasteiger charge is 2.25. The van der Waals surface area contributed by atoms with Crippen LogP contribution in [-0.4, -0.2) is 31.6 Å². The van der Waals surface area contributed by atoms with Crippen LogP contribution in [0.3, 0.4) is 0 Å². The van der Waals surface area contributed by atoms with Gasteiger partial charge in [0.15, 0.2) is 0 Å². The van der Waals surface area contributed by atoms with Crippen LogP contribution < -0.4 is 10.2 Å². The Morgan fingerprint density at radius 1 is 1.47 bits per heavy atom. The molecular weight excluding hydrogens is 244 g/mol. The van der Waals surface area contributed by atoms with E-state index < -0.39 is 0 Å². The molecule has 1 aliphatic rings. The summed E-state index contributed by atoms with van der Waals surface area (Å²) in [4.78, 5) is 25.2. The van der Waals surface area contributed by atoms with Gasteiger partial charge >= 0.3 is 5.97 Å². The fourth-order valence-electron chi connectivity index (χ4n) is 2.16. The second-order valence-corrected chi connectivity index (χ2v) is 4.60. The van der Waals surface area contributed by atoms with Crippen molar-refractivity contribution in [2.75, 3.05) is 29.9 Å². The molecule has 0 spiro atoms. The van der Waals surface area contributed by atoms with Crippen molar-refractivity contribution < 1.29 is 14.3 Å². The Balaban J connectivity index is 2.12. The van der Waals surface area contributed by atoms with Crippen molar-refractivity contribution in [1.82, 2.24) is 0 Å². The van der Waals surface area contributed by atoms with Crippen molar-refractivity contribution in [1.29, 1.82) is 0 Å². The Hall–Kier alpha value is -2.04. The normalized spacial score (nSPS) is 15.5. The van der Waals surface area contributed by atoms with Gasteiger partial charge in [0.1, 0.15) is 0 Å². The highest BCUT2D eigenvalue weighted by Crippen LogP contribution is 2.29. The van der Waals surface area contributed by atoms with Crippen molar-refractivity contribution in [2.45, 2.75) is 13.8 Å². The topological polar surface area (TPSA) is 58.6 Å². The van der Waals surface area contributed by atoms with Crippen molar-refractivity contribution in [3.63, 3.8) is 0 Å². The molecule has 1 aliphatic heterocycles. The highest BCUT2D eigenvalue weighted by atomic mass is 16.5. The minimum absolute atomic E-state index is 0.0604. The maximum Gasteiger partial charge on any atom is 0.310 e. The van der Waals surface area contributed by atoms with Crippen molar-refractivity contribution >= 4 is 23.3 Å². The van der Waals surface area contributed by atoms with Crippen LogP contribution >= 0.6 is 0 Å². The van der Waals surface area contributed by atoms with E-state index in [0.29, 0.717) is 13.2 Å². The summed E-state index contributed by atoms with van der Waals surface area (Å²) in [5.41, 5.74) is 1.73. The number of amides is 1. The van der Waals surface area contributed by atoms with Crippen molar-refractivity contribution in [3.05, 3.63) is 24.3 Å². The molecular formula is C14H18N2O3. The van der Waals surface area contributed by atoms with Gasteiger partial charge in [-0.25, -0.2) is 0 Å². The van der Waals surface area contributed by atoms with Crippen LogP contribution in [0.25, 0.3) is 0 Å². The fourth-order valence-corrected chi connectivity index (χ4v) is 2.16. The molecule has 1 atom stereocenters. The van der Waals surface area contributed by atoms with Gasteiger partial charge in [0, 0.05) is 6.54 Å². The van der Waals surface area contributed by atoms with E-state index in [-0.39, 0.29) is 24.3 Å². The number of carbonyl (C=O) groups is 2. The van der Waals surface area contributed by atoms with E-state index in [9.17, 15) is 9.59 Å². The first-order chi connectivity index (χ1) is 9.11. The van der Waals surface area contributed by atoms with Crippen LogP contribution in [0.15, 0.2) is 24.3 Å². The molecule has 0 saturated carbocycles. The Labute approximate surface area is 112 Å². The quantitative estimate of drug-likeness (QED) is 0.838. The van der Waals surface area contributed by atoms with Crippen molar-refractivity contribution in [2.24, 2.45) is 5.92 Å². The molecule has 0 bridgehead atoms. The van der Waals surface area contributed by atoms with E-state index in [2.05, 4.69) is 5.32 Å². The number of fused-ring (bicyclic) bond motifs is 1. The standard InChI is InChI=1S/C14H18N2O3/c1-3-19-14(18)10(2)8-16-9-13(17)15-11-6-4-5-7-12(11)16/h4-7,10H,3,8-9H2,1-2H3,(H,15,17). The second-order valence-electron chi connectivity index (χ2n) is 4.60. The van der Waals surface area contributed by atoms with Gasteiger partial charge in [-0.1, -0.05) is 19.1 Å². The molecule has 5 heteroatoms. The number of para-hydroxylation sites is 2. The molecule has 1 aromatic rings. The van der Waals surface area contributed by atoms with Crippen molar-refractivity contribution in [3.8, 4) is 0 Å². The number of ether oxygens (including phenoxy) is 1. The van der Waals surface area contributed by atoms with E-state index in [1.54, 1.807) is 6.92 Å². The molecule has 2 rings (SSSR count). The molecule has 5 nitrogen and oxygen atoms in total. The zero-order chi connectivity index (χ0) is 13.8. The Bertz CT molecular complexity index is 487. The molecule has 0 radical (unpaired) electrons. The second kappa shape index (κ2) is 5.73. The van der Waals surface area contributed by atoms with E-state index in [4.69, 9.17) is 4.74 Å². The molecule has 1 N–H and O–H groups in total. The van der Waals surface area contributed by atoms with Gasteiger partial charge in [-0.05, 0) is 19.1 Å². The predicted octanol–water partition coefficient (Wildman–Crippen LogP) is 1.64. The average molecular weight is 262 g/mol. The number of benzene rings is 1. The van der Waals surface area contributed by atoms with Crippen LogP contribution in [0.4, 0.5) is 11.4 Å². The number of carbonyl (C=O) groups excluding carboxylic acids is 2. The van der Waals surface area contributed by atoms with Gasteiger partial charge in [-0.2, -0.15) is 0 Å². The van der Waals surface area contributed by atoms with E-state index in [1.165, 1.54) is 0 Å². The smallest absolute Gasteiger partial charge is 0.310 e. The fraction of sp³-hybridized carbons (Fsp3) is 0.429. The lowest BCUT2D eigenvalue weighted by Crippen LogP contribution is -2.42. The molecule has 19 heavy (non-hydrogen) atoms. The summed E-state index contributed by atoms with van der Waals surface area (Å²) in [7, 11) is 0. The predicted molar refractivity (Wildman–Crippen MR) is 73.1 cm³/mol. The largest absolute Gasteiger partial charge is 0.466 e. The third kappa shape index (κ3) is 3.05. The number of hydrogen-bond acceptors (Lipinski definition) is 4. The molecule has 0 aromatic heterocycles. The number of anilines is 2. The lowest BCUT2D eigenvalue weighted by molar-refractivity contribution is -0.147. The molecule has 0 saturated heterocycles. The lowest BCUT2D eigenvalue weighted by Gasteiger charge is -2.32. The maximum absolute atomic E-state index is 11.7. The van der Waals surface area contributed by atoms with Gasteiger partial charge in [-0.15, -0.1) is 0 Å².